The van der Waals surface area contributed by atoms with Gasteiger partial charge in [0.25, 0.3) is 0 Å². The van der Waals surface area contributed by atoms with Gasteiger partial charge in [-0.15, -0.1) is 0 Å². The van der Waals surface area contributed by atoms with Crippen LogP contribution >= 0.6 is 0 Å². The van der Waals surface area contributed by atoms with Crippen LogP contribution in [-0.4, -0.2) is 22.4 Å². The van der Waals surface area contributed by atoms with Crippen molar-refractivity contribution in [3.63, 3.8) is 0 Å². The number of aliphatic hydroxyl groups excluding tert-OH is 2. The molecule has 1 aromatic rings. The molecule has 1 fully saturated rings. The Morgan fingerprint density at radius 1 is 1.06 bits per heavy atom. The molecule has 0 heterocycles. The molecule has 2 bridgehead atoms. The van der Waals surface area contributed by atoms with Crippen molar-refractivity contribution in [1.29, 1.82) is 0 Å². The number of hydrogen-bond acceptors (Lipinski definition) is 2. The number of benzene rings is 1. The molecule has 2 nitrogen and oxygen atoms in total. The number of fused-ring (bicyclic) bond motifs is 4. The van der Waals surface area contributed by atoms with E-state index < -0.39 is 0 Å². The molecular formula is C14H18O2. The van der Waals surface area contributed by atoms with Crippen molar-refractivity contribution >= 4 is 0 Å². The van der Waals surface area contributed by atoms with Gasteiger partial charge in [-0.25, -0.2) is 0 Å². The van der Waals surface area contributed by atoms with Crippen LogP contribution in [0.3, 0.4) is 0 Å². The molecule has 4 atom stereocenters. The summed E-state index contributed by atoms with van der Waals surface area (Å²) < 4.78 is 0. The molecule has 0 saturated heterocycles. The van der Waals surface area contributed by atoms with Gasteiger partial charge in [-0.05, 0) is 36.3 Å². The monoisotopic (exact) mass is 218 g/mol. The van der Waals surface area contributed by atoms with Crippen molar-refractivity contribution in [3.8, 4) is 0 Å². The molecule has 1 aromatic carbocycles. The Labute approximate surface area is 95.9 Å². The fraction of sp³-hybridized carbons (Fsp3) is 0.571. The fourth-order valence-electron chi connectivity index (χ4n) is 3.40. The van der Waals surface area contributed by atoms with Crippen LogP contribution < -0.4 is 0 Å². The lowest BCUT2D eigenvalue weighted by atomic mass is 9.73. The summed E-state index contributed by atoms with van der Waals surface area (Å²) in [6.07, 6.45) is 3.15. The molecule has 0 unspecified atom stereocenters. The van der Waals surface area contributed by atoms with Gasteiger partial charge in [0.1, 0.15) is 0 Å². The summed E-state index contributed by atoms with van der Waals surface area (Å²) in [6.45, 7) is 0. The molecule has 86 valence electrons. The van der Waals surface area contributed by atoms with Crippen LogP contribution in [-0.2, 0) is 6.42 Å². The first-order valence-electron chi connectivity index (χ1n) is 6.21. The van der Waals surface area contributed by atoms with Crippen LogP contribution in [0.25, 0.3) is 0 Å². The zero-order valence-electron chi connectivity index (χ0n) is 9.34. The molecule has 2 heteroatoms. The lowest BCUT2D eigenvalue weighted by Gasteiger charge is -2.36. The summed E-state index contributed by atoms with van der Waals surface area (Å²) in [7, 11) is 0. The van der Waals surface area contributed by atoms with Gasteiger partial charge in [0.15, 0.2) is 0 Å². The highest BCUT2D eigenvalue weighted by molar-refractivity contribution is 5.36. The third-order valence-corrected chi connectivity index (χ3v) is 4.24. The first-order chi connectivity index (χ1) is 7.77. The lowest BCUT2D eigenvalue weighted by molar-refractivity contribution is 0.0223. The summed E-state index contributed by atoms with van der Waals surface area (Å²) in [6, 6.07) is 8.26. The largest absolute Gasteiger partial charge is 0.392 e. The Morgan fingerprint density at radius 3 is 2.75 bits per heavy atom. The van der Waals surface area contributed by atoms with Gasteiger partial charge in [-0.1, -0.05) is 30.7 Å². The first kappa shape index (κ1) is 10.3. The van der Waals surface area contributed by atoms with Crippen molar-refractivity contribution < 1.29 is 10.2 Å². The van der Waals surface area contributed by atoms with E-state index in [-0.39, 0.29) is 18.1 Å². The highest BCUT2D eigenvalue weighted by Gasteiger charge is 2.40. The highest BCUT2D eigenvalue weighted by atomic mass is 16.3. The minimum atomic E-state index is -0.374. The van der Waals surface area contributed by atoms with Gasteiger partial charge in [0.2, 0.25) is 0 Å². The standard InChI is InChI=1S/C14H18O2/c15-12-7-3-5-10-8-9-4-1-2-6-11(9)13(12)14(10)16/h1-2,4,6,10,12-16H,3,5,7-8H2/t10-,12+,13-,14-/m1/s1. The molecule has 0 aliphatic heterocycles. The van der Waals surface area contributed by atoms with E-state index in [1.165, 1.54) is 11.1 Å². The molecule has 3 rings (SSSR count). The van der Waals surface area contributed by atoms with Crippen LogP contribution in [0.5, 0.6) is 0 Å². The Hall–Kier alpha value is -0.860. The number of aliphatic hydroxyl groups is 2. The maximum absolute atomic E-state index is 10.3. The van der Waals surface area contributed by atoms with Crippen LogP contribution in [0, 0.1) is 5.92 Å². The van der Waals surface area contributed by atoms with Crippen LogP contribution in [0.4, 0.5) is 0 Å². The average Bonchev–Trinajstić information content (AvgIpc) is 2.38. The van der Waals surface area contributed by atoms with Crippen molar-refractivity contribution in [2.45, 2.75) is 43.8 Å². The number of rotatable bonds is 0. The Balaban J connectivity index is 2.09. The molecule has 1 saturated carbocycles. The van der Waals surface area contributed by atoms with Crippen molar-refractivity contribution in [1.82, 2.24) is 0 Å². The Kier molecular flexibility index (Phi) is 2.49. The average molecular weight is 218 g/mol. The zero-order valence-corrected chi connectivity index (χ0v) is 9.34. The Morgan fingerprint density at radius 2 is 1.88 bits per heavy atom. The summed E-state index contributed by atoms with van der Waals surface area (Å²) in [5, 5.41) is 20.5. The maximum atomic E-state index is 10.3. The minimum Gasteiger partial charge on any atom is -0.392 e. The second-order valence-corrected chi connectivity index (χ2v) is 5.18. The lowest BCUT2D eigenvalue weighted by Crippen LogP contribution is -2.38. The molecule has 2 aliphatic rings. The van der Waals surface area contributed by atoms with Gasteiger partial charge in [0.05, 0.1) is 12.2 Å². The second kappa shape index (κ2) is 3.86. The van der Waals surface area contributed by atoms with E-state index in [1.807, 2.05) is 6.07 Å². The van der Waals surface area contributed by atoms with Gasteiger partial charge in [0, 0.05) is 5.92 Å². The van der Waals surface area contributed by atoms with Gasteiger partial charge >= 0.3 is 0 Å². The van der Waals surface area contributed by atoms with Crippen LogP contribution in [0.15, 0.2) is 24.3 Å². The van der Waals surface area contributed by atoms with Crippen LogP contribution in [0.1, 0.15) is 36.3 Å². The van der Waals surface area contributed by atoms with E-state index in [9.17, 15) is 10.2 Å². The highest BCUT2D eigenvalue weighted by Crippen LogP contribution is 2.42. The Bertz CT molecular complexity index is 388. The molecule has 0 radical (unpaired) electrons. The summed E-state index contributed by atoms with van der Waals surface area (Å²) in [5.74, 6) is 0.287. The third kappa shape index (κ3) is 1.48. The van der Waals surface area contributed by atoms with Crippen LogP contribution in [0.2, 0.25) is 0 Å². The predicted octanol–water partition coefficient (Wildman–Crippen LogP) is 1.85. The van der Waals surface area contributed by atoms with E-state index in [2.05, 4.69) is 18.2 Å². The fourth-order valence-corrected chi connectivity index (χ4v) is 3.40. The van der Waals surface area contributed by atoms with E-state index in [1.54, 1.807) is 0 Å². The molecule has 0 amide bonds. The smallest absolute Gasteiger partial charge is 0.0664 e. The second-order valence-electron chi connectivity index (χ2n) is 5.18. The minimum absolute atomic E-state index is 0.0579. The van der Waals surface area contributed by atoms with E-state index >= 15 is 0 Å². The van der Waals surface area contributed by atoms with Crippen molar-refractivity contribution in [2.24, 2.45) is 5.92 Å². The first-order valence-corrected chi connectivity index (χ1v) is 6.21. The van der Waals surface area contributed by atoms with Gasteiger partial charge in [-0.3, -0.25) is 0 Å². The third-order valence-electron chi connectivity index (χ3n) is 4.24. The van der Waals surface area contributed by atoms with E-state index in [4.69, 9.17) is 0 Å². The number of hydrogen-bond donors (Lipinski definition) is 2. The topological polar surface area (TPSA) is 40.5 Å². The van der Waals surface area contributed by atoms with Crippen molar-refractivity contribution in [2.75, 3.05) is 0 Å². The van der Waals surface area contributed by atoms with Crippen molar-refractivity contribution in [3.05, 3.63) is 35.4 Å². The molecule has 16 heavy (non-hydrogen) atoms. The summed E-state index contributed by atoms with van der Waals surface area (Å²) >= 11 is 0. The molecule has 0 spiro atoms. The molecular weight excluding hydrogens is 200 g/mol. The summed E-state index contributed by atoms with van der Waals surface area (Å²) in [5.41, 5.74) is 2.49. The van der Waals surface area contributed by atoms with Gasteiger partial charge < -0.3 is 10.2 Å². The quantitative estimate of drug-likeness (QED) is 0.697. The predicted molar refractivity (Wildman–Crippen MR) is 62.2 cm³/mol. The van der Waals surface area contributed by atoms with Gasteiger partial charge in [-0.2, -0.15) is 0 Å². The summed E-state index contributed by atoms with van der Waals surface area (Å²) in [4.78, 5) is 0. The molecule has 2 aliphatic carbocycles. The zero-order chi connectivity index (χ0) is 11.1. The maximum Gasteiger partial charge on any atom is 0.0664 e. The molecule has 0 aromatic heterocycles. The van der Waals surface area contributed by atoms with E-state index in [0.717, 1.165) is 25.7 Å². The van der Waals surface area contributed by atoms with E-state index in [0.29, 0.717) is 5.92 Å². The normalized spacial score (nSPS) is 37.6. The SMILES string of the molecule is O[C@@H]1[C@@H]2CCC[C@H](O)[C@H]1c1ccccc1C2. The molecule has 2 N–H and O–H groups in total.